The molecule has 2 atom stereocenters. The lowest BCUT2D eigenvalue weighted by atomic mass is 10.0. The van der Waals surface area contributed by atoms with Crippen molar-refractivity contribution in [3.05, 3.63) is 68.1 Å². The molecule has 2 aromatic carbocycles. The molecule has 0 saturated heterocycles. The smallest absolute Gasteiger partial charge is 0.0595 e. The second kappa shape index (κ2) is 6.95. The molecular formula is C16H16BrCl2N. The van der Waals surface area contributed by atoms with Crippen LogP contribution >= 0.6 is 39.1 Å². The Bertz CT molecular complexity index is 601. The molecule has 2 rings (SSSR count). The van der Waals surface area contributed by atoms with Gasteiger partial charge in [0.2, 0.25) is 0 Å². The summed E-state index contributed by atoms with van der Waals surface area (Å²) in [4.78, 5) is 0. The molecule has 1 nitrogen and oxygen atoms in total. The first-order valence-corrected chi connectivity index (χ1v) is 7.98. The summed E-state index contributed by atoms with van der Waals surface area (Å²) in [5.74, 6) is 0. The Hall–Kier alpha value is -0.540. The molecule has 2 unspecified atom stereocenters. The summed E-state index contributed by atoms with van der Waals surface area (Å²) in [7, 11) is 0. The van der Waals surface area contributed by atoms with Crippen molar-refractivity contribution in [1.82, 2.24) is 5.32 Å². The minimum absolute atomic E-state index is 0.193. The standard InChI is InChI=1S/C16H16BrCl2N/c1-10(12-4-3-5-14(17)8-12)20-11(2)13-6-7-15(18)16(19)9-13/h3-11,20H,1-2H3. The summed E-state index contributed by atoms with van der Waals surface area (Å²) < 4.78 is 1.09. The highest BCUT2D eigenvalue weighted by Gasteiger charge is 2.12. The number of halogens is 3. The van der Waals surface area contributed by atoms with E-state index in [0.29, 0.717) is 10.0 Å². The van der Waals surface area contributed by atoms with Gasteiger partial charge in [-0.15, -0.1) is 0 Å². The molecule has 0 saturated carbocycles. The third kappa shape index (κ3) is 3.98. The molecule has 20 heavy (non-hydrogen) atoms. The molecule has 0 bridgehead atoms. The molecule has 4 heteroatoms. The van der Waals surface area contributed by atoms with E-state index in [1.807, 2.05) is 30.3 Å². The minimum Gasteiger partial charge on any atom is -0.304 e. The molecule has 0 amide bonds. The van der Waals surface area contributed by atoms with E-state index in [1.165, 1.54) is 5.56 Å². The van der Waals surface area contributed by atoms with Crippen molar-refractivity contribution in [2.75, 3.05) is 0 Å². The quantitative estimate of drug-likeness (QED) is 0.676. The van der Waals surface area contributed by atoms with Gasteiger partial charge in [-0.3, -0.25) is 0 Å². The molecule has 106 valence electrons. The largest absolute Gasteiger partial charge is 0.304 e. The summed E-state index contributed by atoms with van der Waals surface area (Å²) in [6, 6.07) is 14.5. The predicted molar refractivity (Wildman–Crippen MR) is 90.6 cm³/mol. The molecule has 0 aromatic heterocycles. The summed E-state index contributed by atoms with van der Waals surface area (Å²) in [6.07, 6.45) is 0. The van der Waals surface area contributed by atoms with Gasteiger partial charge in [-0.1, -0.05) is 57.3 Å². The van der Waals surface area contributed by atoms with Gasteiger partial charge in [0, 0.05) is 16.6 Å². The molecule has 0 heterocycles. The first-order chi connectivity index (χ1) is 9.47. The molecule has 0 spiro atoms. The second-order valence-corrected chi connectivity index (χ2v) is 6.57. The van der Waals surface area contributed by atoms with Gasteiger partial charge in [0.15, 0.2) is 0 Å². The molecule has 2 aromatic rings. The summed E-state index contributed by atoms with van der Waals surface area (Å²) >= 11 is 15.5. The zero-order chi connectivity index (χ0) is 14.7. The number of rotatable bonds is 4. The Morgan fingerprint density at radius 2 is 1.55 bits per heavy atom. The normalized spacial score (nSPS) is 14.1. The van der Waals surface area contributed by atoms with E-state index >= 15 is 0 Å². The van der Waals surface area contributed by atoms with Crippen LogP contribution in [0.15, 0.2) is 46.9 Å². The topological polar surface area (TPSA) is 12.0 Å². The van der Waals surface area contributed by atoms with Gasteiger partial charge in [-0.25, -0.2) is 0 Å². The lowest BCUT2D eigenvalue weighted by Gasteiger charge is -2.21. The fourth-order valence-corrected chi connectivity index (χ4v) is 2.85. The average Bonchev–Trinajstić information content (AvgIpc) is 2.41. The molecule has 0 aliphatic carbocycles. The molecule has 0 aliphatic rings. The van der Waals surface area contributed by atoms with Gasteiger partial charge in [0.25, 0.3) is 0 Å². The Morgan fingerprint density at radius 3 is 2.15 bits per heavy atom. The minimum atomic E-state index is 0.193. The van der Waals surface area contributed by atoms with Gasteiger partial charge in [-0.05, 0) is 49.2 Å². The van der Waals surface area contributed by atoms with Crippen molar-refractivity contribution in [3.63, 3.8) is 0 Å². The Balaban J connectivity index is 2.10. The zero-order valence-electron chi connectivity index (χ0n) is 11.3. The first kappa shape index (κ1) is 15.8. The molecule has 0 aliphatic heterocycles. The van der Waals surface area contributed by atoms with Crippen molar-refractivity contribution in [3.8, 4) is 0 Å². The van der Waals surface area contributed by atoms with E-state index in [4.69, 9.17) is 23.2 Å². The molecule has 0 fully saturated rings. The van der Waals surface area contributed by atoms with Gasteiger partial charge in [0.05, 0.1) is 10.0 Å². The van der Waals surface area contributed by atoms with E-state index in [0.717, 1.165) is 10.0 Å². The van der Waals surface area contributed by atoms with Crippen LogP contribution in [0, 0.1) is 0 Å². The number of nitrogens with one attached hydrogen (secondary N) is 1. The Morgan fingerprint density at radius 1 is 0.900 bits per heavy atom. The van der Waals surface area contributed by atoms with Crippen molar-refractivity contribution >= 4 is 39.1 Å². The van der Waals surface area contributed by atoms with Crippen LogP contribution in [-0.4, -0.2) is 0 Å². The SMILES string of the molecule is CC(NC(C)c1ccc(Cl)c(Cl)c1)c1cccc(Br)c1. The molecule has 0 radical (unpaired) electrons. The maximum atomic E-state index is 6.07. The number of benzene rings is 2. The van der Waals surface area contributed by atoms with Gasteiger partial charge in [0.1, 0.15) is 0 Å². The highest BCUT2D eigenvalue weighted by Crippen LogP contribution is 2.27. The van der Waals surface area contributed by atoms with Crippen LogP contribution in [0.1, 0.15) is 37.1 Å². The van der Waals surface area contributed by atoms with Crippen molar-refractivity contribution in [1.29, 1.82) is 0 Å². The third-order valence-electron chi connectivity index (χ3n) is 3.29. The Kier molecular flexibility index (Phi) is 5.50. The van der Waals surface area contributed by atoms with E-state index in [9.17, 15) is 0 Å². The predicted octanol–water partition coefficient (Wildman–Crippen LogP) is 6.17. The monoisotopic (exact) mass is 371 g/mol. The van der Waals surface area contributed by atoms with E-state index in [1.54, 1.807) is 0 Å². The van der Waals surface area contributed by atoms with Gasteiger partial charge < -0.3 is 5.32 Å². The fourth-order valence-electron chi connectivity index (χ4n) is 2.13. The number of hydrogen-bond acceptors (Lipinski definition) is 1. The maximum Gasteiger partial charge on any atom is 0.0595 e. The van der Waals surface area contributed by atoms with Gasteiger partial charge in [-0.2, -0.15) is 0 Å². The van der Waals surface area contributed by atoms with Crippen LogP contribution in [0.25, 0.3) is 0 Å². The van der Waals surface area contributed by atoms with E-state index in [2.05, 4.69) is 47.2 Å². The highest BCUT2D eigenvalue weighted by atomic mass is 79.9. The van der Waals surface area contributed by atoms with Crippen LogP contribution in [-0.2, 0) is 0 Å². The third-order valence-corrected chi connectivity index (χ3v) is 4.52. The lowest BCUT2D eigenvalue weighted by molar-refractivity contribution is 0.494. The molecular weight excluding hydrogens is 357 g/mol. The van der Waals surface area contributed by atoms with E-state index in [-0.39, 0.29) is 12.1 Å². The number of hydrogen-bond donors (Lipinski definition) is 1. The average molecular weight is 373 g/mol. The van der Waals surface area contributed by atoms with Crippen molar-refractivity contribution in [2.24, 2.45) is 0 Å². The van der Waals surface area contributed by atoms with Crippen LogP contribution in [0.2, 0.25) is 10.0 Å². The van der Waals surface area contributed by atoms with Crippen LogP contribution < -0.4 is 5.32 Å². The summed E-state index contributed by atoms with van der Waals surface area (Å²) in [5.41, 5.74) is 2.37. The first-order valence-electron chi connectivity index (χ1n) is 6.44. The maximum absolute atomic E-state index is 6.07. The van der Waals surface area contributed by atoms with Crippen molar-refractivity contribution < 1.29 is 0 Å². The fraction of sp³-hybridized carbons (Fsp3) is 0.250. The van der Waals surface area contributed by atoms with Crippen LogP contribution in [0.3, 0.4) is 0 Å². The lowest BCUT2D eigenvalue weighted by Crippen LogP contribution is -2.22. The van der Waals surface area contributed by atoms with Gasteiger partial charge >= 0.3 is 0 Å². The van der Waals surface area contributed by atoms with Crippen LogP contribution in [0.5, 0.6) is 0 Å². The summed E-state index contributed by atoms with van der Waals surface area (Å²) in [6.45, 7) is 4.27. The molecule has 1 N–H and O–H groups in total. The highest BCUT2D eigenvalue weighted by molar-refractivity contribution is 9.10. The summed E-state index contributed by atoms with van der Waals surface area (Å²) in [5, 5.41) is 4.74. The second-order valence-electron chi connectivity index (χ2n) is 4.84. The van der Waals surface area contributed by atoms with Crippen LogP contribution in [0.4, 0.5) is 0 Å². The van der Waals surface area contributed by atoms with Crippen molar-refractivity contribution in [2.45, 2.75) is 25.9 Å². The van der Waals surface area contributed by atoms with E-state index < -0.39 is 0 Å². The Labute approximate surface area is 138 Å². The zero-order valence-corrected chi connectivity index (χ0v) is 14.4.